The van der Waals surface area contributed by atoms with Gasteiger partial charge in [0.1, 0.15) is 0 Å². The Hall–Kier alpha value is -2.21. The Labute approximate surface area is 141 Å². The van der Waals surface area contributed by atoms with Crippen molar-refractivity contribution in [3.63, 3.8) is 0 Å². The van der Waals surface area contributed by atoms with Crippen molar-refractivity contribution in [3.05, 3.63) is 35.9 Å². The Morgan fingerprint density at radius 3 is 2.54 bits per heavy atom. The van der Waals surface area contributed by atoms with Crippen LogP contribution in [0.5, 0.6) is 0 Å². The van der Waals surface area contributed by atoms with E-state index >= 15 is 0 Å². The summed E-state index contributed by atoms with van der Waals surface area (Å²) in [5.74, 6) is -1.92. The lowest BCUT2D eigenvalue weighted by molar-refractivity contribution is -0.152. The van der Waals surface area contributed by atoms with Crippen LogP contribution in [0.3, 0.4) is 0 Å². The maximum absolute atomic E-state index is 13.0. The van der Waals surface area contributed by atoms with E-state index in [2.05, 4.69) is 5.32 Å². The number of hydrogen-bond donors (Lipinski definition) is 2. The molecule has 0 spiro atoms. The molecule has 2 amide bonds. The van der Waals surface area contributed by atoms with Gasteiger partial charge in [0.15, 0.2) is 0 Å². The van der Waals surface area contributed by atoms with Gasteiger partial charge in [-0.25, -0.2) is 0 Å². The van der Waals surface area contributed by atoms with Gasteiger partial charge in [-0.1, -0.05) is 37.3 Å². The van der Waals surface area contributed by atoms with Crippen molar-refractivity contribution in [1.82, 2.24) is 10.2 Å². The Morgan fingerprint density at radius 2 is 2.00 bits per heavy atom. The molecule has 0 aliphatic carbocycles. The van der Waals surface area contributed by atoms with Crippen LogP contribution in [0.1, 0.15) is 44.2 Å². The Morgan fingerprint density at radius 1 is 1.29 bits per heavy atom. The fraction of sp³-hybridized carbons (Fsp3) is 0.500. The van der Waals surface area contributed by atoms with Gasteiger partial charge in [-0.15, -0.1) is 0 Å². The van der Waals surface area contributed by atoms with E-state index in [0.29, 0.717) is 18.5 Å². The predicted octanol–water partition coefficient (Wildman–Crippen LogP) is 1.97. The van der Waals surface area contributed by atoms with Gasteiger partial charge in [0.25, 0.3) is 0 Å². The quantitative estimate of drug-likeness (QED) is 0.832. The maximum Gasteiger partial charge on any atom is 0.305 e. The number of carboxylic acids is 1. The number of carbonyl (C=O) groups excluding carboxylic acids is 2. The van der Waals surface area contributed by atoms with Gasteiger partial charge in [0.05, 0.1) is 18.4 Å². The zero-order valence-corrected chi connectivity index (χ0v) is 13.9. The molecule has 130 valence electrons. The number of nitrogens with zero attached hydrogens (tertiary/aromatic N) is 1. The molecular weight excluding hydrogens is 308 g/mol. The number of benzene rings is 1. The van der Waals surface area contributed by atoms with E-state index in [1.807, 2.05) is 6.07 Å². The van der Waals surface area contributed by atoms with Crippen molar-refractivity contribution in [2.45, 2.75) is 38.6 Å². The minimum Gasteiger partial charge on any atom is -0.481 e. The van der Waals surface area contributed by atoms with E-state index < -0.39 is 12.0 Å². The first-order valence-corrected chi connectivity index (χ1v) is 8.38. The first kappa shape index (κ1) is 18.1. The van der Waals surface area contributed by atoms with E-state index in [1.165, 1.54) is 4.90 Å². The van der Waals surface area contributed by atoms with Gasteiger partial charge in [-0.3, -0.25) is 19.3 Å². The molecule has 1 aliphatic rings. The molecule has 1 aliphatic heterocycles. The molecule has 0 bridgehead atoms. The normalized spacial score (nSPS) is 18.6. The summed E-state index contributed by atoms with van der Waals surface area (Å²) in [5.41, 5.74) is 0.666. The maximum atomic E-state index is 13.0. The highest BCUT2D eigenvalue weighted by atomic mass is 16.4. The highest BCUT2D eigenvalue weighted by molar-refractivity contribution is 5.97. The second-order valence-corrected chi connectivity index (χ2v) is 6.02. The number of hydrogen-bond acceptors (Lipinski definition) is 4. The van der Waals surface area contributed by atoms with Gasteiger partial charge >= 0.3 is 5.97 Å². The molecule has 1 fully saturated rings. The molecule has 1 aromatic carbocycles. The van der Waals surface area contributed by atoms with Gasteiger partial charge in [-0.2, -0.15) is 0 Å². The summed E-state index contributed by atoms with van der Waals surface area (Å²) >= 11 is 0. The molecule has 6 heteroatoms. The molecular formula is C18H24N2O4. The molecule has 2 atom stereocenters. The van der Waals surface area contributed by atoms with Gasteiger partial charge in [0.2, 0.25) is 11.8 Å². The van der Waals surface area contributed by atoms with E-state index in [1.54, 1.807) is 31.2 Å². The number of nitrogens with one attached hydrogen (secondary N) is 1. The lowest BCUT2D eigenvalue weighted by Gasteiger charge is -2.33. The molecule has 2 N–H and O–H groups in total. The zero-order valence-electron chi connectivity index (χ0n) is 13.9. The molecule has 0 radical (unpaired) electrons. The van der Waals surface area contributed by atoms with Crippen molar-refractivity contribution < 1.29 is 19.5 Å². The Balaban J connectivity index is 2.35. The summed E-state index contributed by atoms with van der Waals surface area (Å²) in [6.07, 6.45) is 1.46. The number of amides is 2. The second-order valence-electron chi connectivity index (χ2n) is 6.02. The largest absolute Gasteiger partial charge is 0.481 e. The molecule has 2 rings (SSSR count). The third kappa shape index (κ3) is 4.41. The van der Waals surface area contributed by atoms with E-state index in [9.17, 15) is 19.5 Å². The first-order chi connectivity index (χ1) is 11.5. The summed E-state index contributed by atoms with van der Waals surface area (Å²) in [4.78, 5) is 38.0. The van der Waals surface area contributed by atoms with Crippen LogP contribution in [0.4, 0.5) is 0 Å². The van der Waals surface area contributed by atoms with E-state index in [4.69, 9.17) is 0 Å². The van der Waals surface area contributed by atoms with Crippen molar-refractivity contribution in [3.8, 4) is 0 Å². The SMILES string of the molecule is CCC(=O)N(C(=O)C1CCCNC1)C(CC(=O)O)c1ccccc1. The second kappa shape index (κ2) is 8.59. The highest BCUT2D eigenvalue weighted by Crippen LogP contribution is 2.28. The van der Waals surface area contributed by atoms with Crippen LogP contribution in [-0.2, 0) is 14.4 Å². The van der Waals surface area contributed by atoms with Crippen molar-refractivity contribution >= 4 is 17.8 Å². The highest BCUT2D eigenvalue weighted by Gasteiger charge is 2.35. The van der Waals surface area contributed by atoms with Gasteiger partial charge in [0, 0.05) is 13.0 Å². The van der Waals surface area contributed by atoms with E-state index in [0.717, 1.165) is 13.0 Å². The third-order valence-electron chi connectivity index (χ3n) is 4.32. The molecule has 0 aromatic heterocycles. The van der Waals surface area contributed by atoms with Gasteiger partial charge in [-0.05, 0) is 24.9 Å². The molecule has 24 heavy (non-hydrogen) atoms. The topological polar surface area (TPSA) is 86.7 Å². The molecule has 2 unspecified atom stereocenters. The smallest absolute Gasteiger partial charge is 0.305 e. The van der Waals surface area contributed by atoms with Crippen LogP contribution in [-0.4, -0.2) is 40.9 Å². The summed E-state index contributed by atoms with van der Waals surface area (Å²) < 4.78 is 0. The minimum absolute atomic E-state index is 0.162. The Kier molecular flexibility index (Phi) is 6.49. The fourth-order valence-corrected chi connectivity index (χ4v) is 3.08. The third-order valence-corrected chi connectivity index (χ3v) is 4.32. The average molecular weight is 332 g/mol. The minimum atomic E-state index is -1.03. The van der Waals surface area contributed by atoms with E-state index in [-0.39, 0.29) is 30.6 Å². The van der Waals surface area contributed by atoms with Gasteiger partial charge < -0.3 is 10.4 Å². The van der Waals surface area contributed by atoms with Crippen LogP contribution >= 0.6 is 0 Å². The number of piperidine rings is 1. The monoisotopic (exact) mass is 332 g/mol. The molecule has 1 aromatic rings. The lowest BCUT2D eigenvalue weighted by Crippen LogP contribution is -2.47. The number of aliphatic carboxylic acids is 1. The number of imide groups is 1. The first-order valence-electron chi connectivity index (χ1n) is 8.38. The van der Waals surface area contributed by atoms with Crippen molar-refractivity contribution in [1.29, 1.82) is 0 Å². The summed E-state index contributed by atoms with van der Waals surface area (Å²) in [6, 6.07) is 8.13. The number of carboxylic acid groups (broad SMARTS) is 1. The molecule has 1 heterocycles. The van der Waals surface area contributed by atoms with Crippen LogP contribution in [0, 0.1) is 5.92 Å². The molecule has 6 nitrogen and oxygen atoms in total. The molecule has 0 saturated carbocycles. The fourth-order valence-electron chi connectivity index (χ4n) is 3.08. The lowest BCUT2D eigenvalue weighted by atomic mass is 9.94. The summed E-state index contributed by atoms with van der Waals surface area (Å²) in [7, 11) is 0. The van der Waals surface area contributed by atoms with Crippen molar-refractivity contribution in [2.75, 3.05) is 13.1 Å². The van der Waals surface area contributed by atoms with Crippen LogP contribution < -0.4 is 5.32 Å². The average Bonchev–Trinajstić information content (AvgIpc) is 2.62. The van der Waals surface area contributed by atoms with Crippen LogP contribution in [0.15, 0.2) is 30.3 Å². The van der Waals surface area contributed by atoms with Crippen LogP contribution in [0.2, 0.25) is 0 Å². The van der Waals surface area contributed by atoms with Crippen molar-refractivity contribution in [2.24, 2.45) is 5.92 Å². The number of rotatable bonds is 6. The number of carbonyl (C=O) groups is 3. The molecule has 1 saturated heterocycles. The predicted molar refractivity (Wildman–Crippen MR) is 89.2 cm³/mol. The zero-order chi connectivity index (χ0) is 17.5. The summed E-state index contributed by atoms with van der Waals surface area (Å²) in [5, 5.41) is 12.5. The summed E-state index contributed by atoms with van der Waals surface area (Å²) in [6.45, 7) is 3.08. The standard InChI is InChI=1S/C18H24N2O4/c1-2-16(21)20(18(24)14-9-6-10-19-12-14)15(11-17(22)23)13-7-4-3-5-8-13/h3-5,7-8,14-15,19H,2,6,9-12H2,1H3,(H,22,23). The Bertz CT molecular complexity index is 582. The van der Waals surface area contributed by atoms with Crippen LogP contribution in [0.25, 0.3) is 0 Å².